The molecule has 5 nitrogen and oxygen atoms in total. The number of hydrogen-bond donors (Lipinski definition) is 2. The van der Waals surface area contributed by atoms with E-state index in [1.807, 2.05) is 0 Å². The number of aliphatic hydroxyl groups is 1. The van der Waals surface area contributed by atoms with E-state index in [0.29, 0.717) is 23.4 Å². The molecule has 1 unspecified atom stereocenters. The van der Waals surface area contributed by atoms with Gasteiger partial charge in [-0.1, -0.05) is 30.3 Å². The fraction of sp³-hybridized carbons (Fsp3) is 0.200. The summed E-state index contributed by atoms with van der Waals surface area (Å²) in [6.45, 7) is 0.377. The van der Waals surface area contributed by atoms with E-state index in [2.05, 4.69) is 5.32 Å². The van der Waals surface area contributed by atoms with E-state index in [4.69, 9.17) is 0 Å². The number of carbonyl (C=O) groups is 2. The van der Waals surface area contributed by atoms with Crippen molar-refractivity contribution in [1.82, 2.24) is 5.32 Å². The van der Waals surface area contributed by atoms with Gasteiger partial charge >= 0.3 is 0 Å². The molecule has 0 spiro atoms. The lowest BCUT2D eigenvalue weighted by molar-refractivity contribution is -0.121. The minimum absolute atomic E-state index is 0.00833. The molecule has 0 aromatic heterocycles. The van der Waals surface area contributed by atoms with Gasteiger partial charge in [-0.25, -0.2) is 4.39 Å². The Bertz CT molecular complexity index is 850. The van der Waals surface area contributed by atoms with E-state index >= 15 is 0 Å². The van der Waals surface area contributed by atoms with Gasteiger partial charge in [-0.15, -0.1) is 0 Å². The van der Waals surface area contributed by atoms with Gasteiger partial charge in [0.05, 0.1) is 0 Å². The van der Waals surface area contributed by atoms with Gasteiger partial charge in [-0.2, -0.15) is 0 Å². The minimum atomic E-state index is -0.781. The molecular formula is C20H19FN2O3. The van der Waals surface area contributed by atoms with Crippen LogP contribution in [0, 0.1) is 5.82 Å². The first-order chi connectivity index (χ1) is 12.6. The summed E-state index contributed by atoms with van der Waals surface area (Å²) in [4.78, 5) is 25.3. The molecule has 1 aliphatic rings. The summed E-state index contributed by atoms with van der Waals surface area (Å²) in [5, 5.41) is 13.0. The summed E-state index contributed by atoms with van der Waals surface area (Å²) < 4.78 is 13.7. The molecule has 0 bridgehead atoms. The molecular weight excluding hydrogens is 335 g/mol. The van der Waals surface area contributed by atoms with Crippen LogP contribution in [0.25, 0.3) is 5.76 Å². The maximum Gasteiger partial charge on any atom is 0.247 e. The predicted molar refractivity (Wildman–Crippen MR) is 97.1 cm³/mol. The van der Waals surface area contributed by atoms with Crippen LogP contribution >= 0.6 is 0 Å². The highest BCUT2D eigenvalue weighted by molar-refractivity contribution is 5.93. The van der Waals surface area contributed by atoms with Crippen molar-refractivity contribution in [3.63, 3.8) is 0 Å². The van der Waals surface area contributed by atoms with Crippen LogP contribution < -0.4 is 10.2 Å². The lowest BCUT2D eigenvalue weighted by atomic mass is 10.00. The van der Waals surface area contributed by atoms with Crippen molar-refractivity contribution in [1.29, 1.82) is 0 Å². The smallest absolute Gasteiger partial charge is 0.247 e. The minimum Gasteiger partial charge on any atom is -0.507 e. The van der Waals surface area contributed by atoms with Gasteiger partial charge in [-0.3, -0.25) is 4.79 Å². The van der Waals surface area contributed by atoms with Crippen LogP contribution in [0.3, 0.4) is 0 Å². The van der Waals surface area contributed by atoms with E-state index in [0.717, 1.165) is 6.29 Å². The number of aliphatic hydroxyl groups excluding tert-OH is 1. The fourth-order valence-electron chi connectivity index (χ4n) is 3.02. The first-order valence-electron chi connectivity index (χ1n) is 8.33. The number of benzene rings is 2. The first-order valence-corrected chi connectivity index (χ1v) is 8.33. The first kappa shape index (κ1) is 17.7. The third kappa shape index (κ3) is 3.59. The molecule has 134 valence electrons. The summed E-state index contributed by atoms with van der Waals surface area (Å²) in [7, 11) is 0. The zero-order valence-corrected chi connectivity index (χ0v) is 14.1. The van der Waals surface area contributed by atoms with Gasteiger partial charge in [-0.05, 0) is 24.3 Å². The summed E-state index contributed by atoms with van der Waals surface area (Å²) in [5.41, 5.74) is 1.67. The van der Waals surface area contributed by atoms with Gasteiger partial charge < -0.3 is 20.1 Å². The number of fused-ring (bicyclic) bond motifs is 1. The van der Waals surface area contributed by atoms with Crippen LogP contribution in [0.15, 0.2) is 54.6 Å². The number of amides is 1. The summed E-state index contributed by atoms with van der Waals surface area (Å²) in [5.74, 6) is -0.757. The molecule has 2 aromatic carbocycles. The van der Waals surface area contributed by atoms with Crippen LogP contribution in [0.4, 0.5) is 10.1 Å². The maximum atomic E-state index is 13.7. The maximum absolute atomic E-state index is 13.7. The normalized spacial score (nSPS) is 15.8. The quantitative estimate of drug-likeness (QED) is 0.783. The summed E-state index contributed by atoms with van der Waals surface area (Å²) >= 11 is 0. The van der Waals surface area contributed by atoms with Crippen molar-refractivity contribution in [2.24, 2.45) is 0 Å². The SMILES string of the molecule is O=CCCN1c2ccccc2C(O)=CC1C(=O)NCc1ccccc1F. The highest BCUT2D eigenvalue weighted by Crippen LogP contribution is 2.32. The van der Waals surface area contributed by atoms with E-state index in [1.165, 1.54) is 12.1 Å². The molecule has 26 heavy (non-hydrogen) atoms. The number of hydrogen-bond acceptors (Lipinski definition) is 4. The Hall–Kier alpha value is -3.15. The molecule has 2 N–H and O–H groups in total. The Morgan fingerprint density at radius 3 is 2.69 bits per heavy atom. The molecule has 6 heteroatoms. The molecule has 2 aromatic rings. The Kier molecular flexibility index (Phi) is 5.31. The average Bonchev–Trinajstić information content (AvgIpc) is 2.66. The largest absolute Gasteiger partial charge is 0.507 e. The molecule has 0 saturated heterocycles. The van der Waals surface area contributed by atoms with Crippen LogP contribution in [-0.4, -0.2) is 29.9 Å². The van der Waals surface area contributed by atoms with E-state index in [9.17, 15) is 19.1 Å². The van der Waals surface area contributed by atoms with Gasteiger partial charge in [0.1, 0.15) is 23.9 Å². The van der Waals surface area contributed by atoms with Crippen molar-refractivity contribution < 1.29 is 19.1 Å². The van der Waals surface area contributed by atoms with Crippen LogP contribution in [0.5, 0.6) is 0 Å². The molecule has 0 saturated carbocycles. The molecule has 0 aliphatic carbocycles. The number of rotatable bonds is 6. The van der Waals surface area contributed by atoms with Crippen molar-refractivity contribution in [2.45, 2.75) is 19.0 Å². The summed E-state index contributed by atoms with van der Waals surface area (Å²) in [6, 6.07) is 12.6. The molecule has 3 rings (SSSR count). The molecule has 1 heterocycles. The fourth-order valence-corrected chi connectivity index (χ4v) is 3.02. The lowest BCUT2D eigenvalue weighted by Gasteiger charge is -2.35. The molecule has 1 aliphatic heterocycles. The highest BCUT2D eigenvalue weighted by Gasteiger charge is 2.31. The number of halogens is 1. The van der Waals surface area contributed by atoms with Gasteiger partial charge in [0.15, 0.2) is 0 Å². The van der Waals surface area contributed by atoms with Crippen LogP contribution in [0.2, 0.25) is 0 Å². The molecule has 0 fully saturated rings. The Morgan fingerprint density at radius 1 is 1.19 bits per heavy atom. The van der Waals surface area contributed by atoms with Crippen molar-refractivity contribution in [3.05, 3.63) is 71.6 Å². The second kappa shape index (κ2) is 7.82. The number of anilines is 1. The number of aldehydes is 1. The Labute approximate surface area is 150 Å². The Morgan fingerprint density at radius 2 is 1.92 bits per heavy atom. The van der Waals surface area contributed by atoms with Gasteiger partial charge in [0.25, 0.3) is 0 Å². The molecule has 1 amide bonds. The zero-order valence-electron chi connectivity index (χ0n) is 14.1. The summed E-state index contributed by atoms with van der Waals surface area (Å²) in [6.07, 6.45) is 2.49. The second-order valence-corrected chi connectivity index (χ2v) is 5.97. The van der Waals surface area contributed by atoms with E-state index < -0.39 is 11.9 Å². The predicted octanol–water partition coefficient (Wildman–Crippen LogP) is 2.82. The standard InChI is InChI=1S/C20H19FN2O3/c21-16-8-3-1-6-14(16)13-22-20(26)18-12-19(25)15-7-2-4-9-17(15)23(18)10-5-11-24/h1-4,6-9,11-12,18,25H,5,10,13H2,(H,22,26). The number of carbonyl (C=O) groups excluding carboxylic acids is 2. The third-order valence-corrected chi connectivity index (χ3v) is 4.31. The lowest BCUT2D eigenvalue weighted by Crippen LogP contribution is -2.48. The van der Waals surface area contributed by atoms with Crippen molar-refractivity contribution in [2.75, 3.05) is 11.4 Å². The number of para-hydroxylation sites is 1. The topological polar surface area (TPSA) is 69.6 Å². The average molecular weight is 354 g/mol. The second-order valence-electron chi connectivity index (χ2n) is 5.97. The highest BCUT2D eigenvalue weighted by atomic mass is 19.1. The number of nitrogens with one attached hydrogen (secondary N) is 1. The van der Waals surface area contributed by atoms with E-state index in [-0.39, 0.29) is 24.6 Å². The van der Waals surface area contributed by atoms with E-state index in [1.54, 1.807) is 47.4 Å². The third-order valence-electron chi connectivity index (χ3n) is 4.31. The van der Waals surface area contributed by atoms with Crippen molar-refractivity contribution >= 4 is 23.6 Å². The monoisotopic (exact) mass is 354 g/mol. The van der Waals surface area contributed by atoms with Crippen molar-refractivity contribution in [3.8, 4) is 0 Å². The van der Waals surface area contributed by atoms with Gasteiger partial charge in [0, 0.05) is 36.3 Å². The molecule has 1 atom stereocenters. The van der Waals surface area contributed by atoms with Crippen LogP contribution in [-0.2, 0) is 16.1 Å². The van der Waals surface area contributed by atoms with Crippen LogP contribution in [0.1, 0.15) is 17.5 Å². The molecule has 0 radical (unpaired) electrons. The Balaban J connectivity index is 1.82. The number of nitrogens with zero attached hydrogens (tertiary/aromatic N) is 1. The van der Waals surface area contributed by atoms with Gasteiger partial charge in [0.2, 0.25) is 5.91 Å². The zero-order chi connectivity index (χ0) is 18.5.